The average molecular weight is 162 g/mol. The maximum atomic E-state index is 11.1. The fourth-order valence-corrected chi connectivity index (χ4v) is 0.275. The Morgan fingerprint density at radius 3 is 1.80 bits per heavy atom. The minimum Gasteiger partial charge on any atom is -0.293 e. The number of halogens is 5. The van der Waals surface area contributed by atoms with Gasteiger partial charge in [0.2, 0.25) is 5.78 Å². The first-order chi connectivity index (χ1) is 4.33. The quantitative estimate of drug-likeness (QED) is 0.565. The molecule has 0 heterocycles. The van der Waals surface area contributed by atoms with Crippen LogP contribution in [0.3, 0.4) is 0 Å². The summed E-state index contributed by atoms with van der Waals surface area (Å²) >= 11 is 0. The van der Waals surface area contributed by atoms with Crippen LogP contribution in [0.2, 0.25) is 0 Å². The Kier molecular flexibility index (Phi) is 2.74. The second kappa shape index (κ2) is 2.94. The molecule has 0 aliphatic rings. The van der Waals surface area contributed by atoms with E-state index in [1.165, 1.54) is 0 Å². The van der Waals surface area contributed by atoms with Gasteiger partial charge in [-0.3, -0.25) is 4.79 Å². The molecule has 0 saturated carbocycles. The molecule has 0 amide bonds. The number of alkyl halides is 5. The Morgan fingerprint density at radius 2 is 1.70 bits per heavy atom. The van der Waals surface area contributed by atoms with E-state index in [4.69, 9.17) is 0 Å². The van der Waals surface area contributed by atoms with Crippen molar-refractivity contribution in [3.63, 3.8) is 0 Å². The van der Waals surface area contributed by atoms with Crippen LogP contribution < -0.4 is 0 Å². The summed E-state index contributed by atoms with van der Waals surface area (Å²) in [4.78, 5) is 9.69. The fraction of sp³-hybridized carbons (Fsp3) is 0.750. The van der Waals surface area contributed by atoms with Crippen molar-refractivity contribution in [2.24, 2.45) is 0 Å². The summed E-state index contributed by atoms with van der Waals surface area (Å²) in [5.41, 5.74) is 0. The van der Waals surface area contributed by atoms with Crippen LogP contribution in [-0.2, 0) is 4.79 Å². The van der Waals surface area contributed by atoms with E-state index < -0.39 is 24.8 Å². The summed E-state index contributed by atoms with van der Waals surface area (Å²) in [6, 6.07) is 0. The molecule has 0 unspecified atom stereocenters. The summed E-state index contributed by atoms with van der Waals surface area (Å²) in [5, 5.41) is 0. The lowest BCUT2D eigenvalue weighted by molar-refractivity contribution is -0.159. The van der Waals surface area contributed by atoms with Gasteiger partial charge in [-0.25, -0.2) is 8.78 Å². The standard InChI is InChI=1S/C4H3F5O/c5-3(6)2(10)1-4(7,8)9/h3H,1H2. The largest absolute Gasteiger partial charge is 0.396 e. The molecule has 0 N–H and O–H groups in total. The molecule has 0 fully saturated rings. The van der Waals surface area contributed by atoms with Gasteiger partial charge in [-0.15, -0.1) is 0 Å². The van der Waals surface area contributed by atoms with E-state index >= 15 is 0 Å². The summed E-state index contributed by atoms with van der Waals surface area (Å²) in [7, 11) is 0. The summed E-state index contributed by atoms with van der Waals surface area (Å²) in [6.45, 7) is 0. The van der Waals surface area contributed by atoms with E-state index in [1.807, 2.05) is 0 Å². The van der Waals surface area contributed by atoms with Gasteiger partial charge in [-0.1, -0.05) is 0 Å². The molecule has 0 atom stereocenters. The summed E-state index contributed by atoms with van der Waals surface area (Å²) in [5.74, 6) is -2.09. The van der Waals surface area contributed by atoms with E-state index in [-0.39, 0.29) is 0 Å². The highest BCUT2D eigenvalue weighted by atomic mass is 19.4. The van der Waals surface area contributed by atoms with Crippen LogP contribution in [0.4, 0.5) is 22.0 Å². The van der Waals surface area contributed by atoms with Gasteiger partial charge in [0.25, 0.3) is 6.43 Å². The van der Waals surface area contributed by atoms with Gasteiger partial charge in [0.05, 0.1) is 0 Å². The monoisotopic (exact) mass is 162 g/mol. The van der Waals surface area contributed by atoms with Crippen LogP contribution in [0.1, 0.15) is 6.42 Å². The minimum absolute atomic E-state index is 2.05. The number of Topliss-reactive ketones (excluding diaryl/α,β-unsaturated/α-hetero) is 1. The van der Waals surface area contributed by atoms with Crippen LogP contribution in [0.25, 0.3) is 0 Å². The first-order valence-electron chi connectivity index (χ1n) is 2.20. The molecule has 0 aromatic carbocycles. The summed E-state index contributed by atoms with van der Waals surface area (Å²) in [6.07, 6.45) is -10.4. The Hall–Kier alpha value is -0.680. The molecular formula is C4H3F5O. The molecule has 0 saturated heterocycles. The molecule has 0 rings (SSSR count). The lowest BCUT2D eigenvalue weighted by Gasteiger charge is -2.02. The van der Waals surface area contributed by atoms with Crippen molar-refractivity contribution in [3.8, 4) is 0 Å². The maximum Gasteiger partial charge on any atom is 0.396 e. The second-order valence-electron chi connectivity index (χ2n) is 1.56. The molecule has 0 aliphatic heterocycles. The summed E-state index contributed by atoms with van der Waals surface area (Å²) < 4.78 is 55.6. The molecule has 0 aliphatic carbocycles. The molecule has 60 valence electrons. The first-order valence-corrected chi connectivity index (χ1v) is 2.20. The van der Waals surface area contributed by atoms with Gasteiger partial charge >= 0.3 is 6.18 Å². The fourth-order valence-electron chi connectivity index (χ4n) is 0.275. The number of ketones is 1. The normalized spacial score (nSPS) is 12.2. The van der Waals surface area contributed by atoms with Gasteiger partial charge < -0.3 is 0 Å². The zero-order chi connectivity index (χ0) is 8.36. The Labute approximate surface area is 52.8 Å². The molecule has 0 spiro atoms. The van der Waals surface area contributed by atoms with Gasteiger partial charge in [0, 0.05) is 0 Å². The molecule has 1 nitrogen and oxygen atoms in total. The third kappa shape index (κ3) is 4.22. The molecule has 6 heteroatoms. The van der Waals surface area contributed by atoms with E-state index in [0.29, 0.717) is 0 Å². The Morgan fingerprint density at radius 1 is 1.30 bits per heavy atom. The zero-order valence-corrected chi connectivity index (χ0v) is 4.58. The highest BCUT2D eigenvalue weighted by molar-refractivity contribution is 5.82. The number of carbonyl (C=O) groups excluding carboxylic acids is 1. The molecule has 0 aromatic heterocycles. The van der Waals surface area contributed by atoms with Gasteiger partial charge in [-0.2, -0.15) is 13.2 Å². The minimum atomic E-state index is -4.83. The topological polar surface area (TPSA) is 17.1 Å². The SMILES string of the molecule is O=C(CC(F)(F)F)C(F)F. The average Bonchev–Trinajstić information content (AvgIpc) is 1.60. The van der Waals surface area contributed by atoms with Gasteiger partial charge in [0.15, 0.2) is 0 Å². The number of carbonyl (C=O) groups is 1. The van der Waals surface area contributed by atoms with Gasteiger partial charge in [-0.05, 0) is 0 Å². The third-order valence-electron chi connectivity index (χ3n) is 0.618. The molecule has 0 radical (unpaired) electrons. The zero-order valence-electron chi connectivity index (χ0n) is 4.58. The van der Waals surface area contributed by atoms with E-state index in [9.17, 15) is 26.7 Å². The van der Waals surface area contributed by atoms with Crippen LogP contribution in [0.15, 0.2) is 0 Å². The number of rotatable bonds is 2. The van der Waals surface area contributed by atoms with Crippen molar-refractivity contribution in [2.45, 2.75) is 19.0 Å². The third-order valence-corrected chi connectivity index (χ3v) is 0.618. The number of hydrogen-bond acceptors (Lipinski definition) is 1. The predicted molar refractivity (Wildman–Crippen MR) is 21.7 cm³/mol. The Balaban J connectivity index is 3.81. The van der Waals surface area contributed by atoms with Crippen molar-refractivity contribution >= 4 is 5.78 Å². The van der Waals surface area contributed by atoms with E-state index in [0.717, 1.165) is 0 Å². The van der Waals surface area contributed by atoms with Crippen LogP contribution in [-0.4, -0.2) is 18.4 Å². The van der Waals surface area contributed by atoms with Crippen LogP contribution >= 0.6 is 0 Å². The molecule has 10 heavy (non-hydrogen) atoms. The van der Waals surface area contributed by atoms with Crippen molar-refractivity contribution < 1.29 is 26.7 Å². The van der Waals surface area contributed by atoms with E-state index in [1.54, 1.807) is 0 Å². The number of hydrogen-bond donors (Lipinski definition) is 0. The highest BCUT2D eigenvalue weighted by Gasteiger charge is 2.34. The van der Waals surface area contributed by atoms with Crippen molar-refractivity contribution in [1.82, 2.24) is 0 Å². The van der Waals surface area contributed by atoms with Crippen LogP contribution in [0.5, 0.6) is 0 Å². The Bertz CT molecular complexity index is 126. The lowest BCUT2D eigenvalue weighted by atomic mass is 10.3. The second-order valence-corrected chi connectivity index (χ2v) is 1.56. The van der Waals surface area contributed by atoms with E-state index in [2.05, 4.69) is 0 Å². The smallest absolute Gasteiger partial charge is 0.293 e. The van der Waals surface area contributed by atoms with Crippen molar-refractivity contribution in [2.75, 3.05) is 0 Å². The molecule has 0 aromatic rings. The highest BCUT2D eigenvalue weighted by Crippen LogP contribution is 2.21. The first kappa shape index (κ1) is 9.32. The van der Waals surface area contributed by atoms with Crippen molar-refractivity contribution in [1.29, 1.82) is 0 Å². The van der Waals surface area contributed by atoms with Crippen molar-refractivity contribution in [3.05, 3.63) is 0 Å². The molecule has 0 bridgehead atoms. The lowest BCUT2D eigenvalue weighted by Crippen LogP contribution is -2.20. The maximum absolute atomic E-state index is 11.1. The van der Waals surface area contributed by atoms with Gasteiger partial charge in [0.1, 0.15) is 6.42 Å². The van der Waals surface area contributed by atoms with Crippen LogP contribution in [0, 0.1) is 0 Å². The predicted octanol–water partition coefficient (Wildman–Crippen LogP) is 1.77. The molecular weight excluding hydrogens is 159 g/mol.